The largest absolute Gasteiger partial charge is 0.496 e. The Labute approximate surface area is 127 Å². The van der Waals surface area contributed by atoms with E-state index in [1.54, 1.807) is 18.9 Å². The molecular weight excluding hydrogens is 292 g/mol. The molecule has 3 nitrogen and oxygen atoms in total. The van der Waals surface area contributed by atoms with Crippen LogP contribution in [-0.4, -0.2) is 12.9 Å². The Morgan fingerprint density at radius 2 is 2.05 bits per heavy atom. The fraction of sp³-hybridized carbons (Fsp3) is 0.133. The van der Waals surface area contributed by atoms with Gasteiger partial charge >= 0.3 is 0 Å². The first kappa shape index (κ1) is 14.8. The summed E-state index contributed by atoms with van der Waals surface area (Å²) >= 11 is 7.79. The summed E-state index contributed by atoms with van der Waals surface area (Å²) in [5, 5.41) is 8.24. The molecule has 2 aromatic carbocycles. The molecule has 2 aromatic rings. The van der Waals surface area contributed by atoms with Gasteiger partial charge in [-0.15, -0.1) is 11.8 Å². The zero-order valence-electron chi connectivity index (χ0n) is 11.0. The van der Waals surface area contributed by atoms with Crippen LogP contribution < -0.4 is 10.5 Å². The van der Waals surface area contributed by atoms with E-state index in [0.29, 0.717) is 11.3 Å². The zero-order valence-corrected chi connectivity index (χ0v) is 12.6. The van der Waals surface area contributed by atoms with Crippen LogP contribution in [0.25, 0.3) is 0 Å². The first-order valence-corrected chi connectivity index (χ1v) is 7.37. The van der Waals surface area contributed by atoms with Gasteiger partial charge < -0.3 is 10.5 Å². The normalized spacial score (nSPS) is 10.3. The monoisotopic (exact) mass is 306 g/mol. The number of amidine groups is 1. The van der Waals surface area contributed by atoms with Crippen molar-refractivity contribution in [3.8, 4) is 5.75 Å². The molecule has 0 atom stereocenters. The molecule has 20 heavy (non-hydrogen) atoms. The minimum absolute atomic E-state index is 0.00663. The quantitative estimate of drug-likeness (QED) is 0.500. The molecule has 0 fully saturated rings. The highest BCUT2D eigenvalue weighted by Gasteiger charge is 2.08. The summed E-state index contributed by atoms with van der Waals surface area (Å²) < 4.78 is 5.27. The van der Waals surface area contributed by atoms with Gasteiger partial charge in [0.15, 0.2) is 0 Å². The van der Waals surface area contributed by atoms with Crippen LogP contribution in [0.2, 0.25) is 5.02 Å². The number of hydrogen-bond acceptors (Lipinski definition) is 3. The van der Waals surface area contributed by atoms with Crippen molar-refractivity contribution >= 4 is 29.2 Å². The lowest BCUT2D eigenvalue weighted by atomic mass is 10.1. The lowest BCUT2D eigenvalue weighted by Gasteiger charge is -2.10. The van der Waals surface area contributed by atoms with Crippen LogP contribution in [0, 0.1) is 5.41 Å². The predicted octanol–water partition coefficient (Wildman–Crippen LogP) is 3.92. The minimum atomic E-state index is 0.00663. The lowest BCUT2D eigenvalue weighted by Crippen LogP contribution is -2.12. The van der Waals surface area contributed by atoms with Crippen LogP contribution in [0.1, 0.15) is 11.1 Å². The van der Waals surface area contributed by atoms with Crippen LogP contribution >= 0.6 is 23.4 Å². The highest BCUT2D eigenvalue weighted by molar-refractivity contribution is 7.98. The molecule has 0 saturated carbocycles. The number of nitrogens with one attached hydrogen (secondary N) is 1. The smallest absolute Gasteiger partial charge is 0.130 e. The molecule has 0 aliphatic carbocycles. The summed E-state index contributed by atoms with van der Waals surface area (Å²) in [7, 11) is 1.58. The van der Waals surface area contributed by atoms with Gasteiger partial charge in [0.1, 0.15) is 11.6 Å². The van der Waals surface area contributed by atoms with E-state index in [4.69, 9.17) is 27.5 Å². The van der Waals surface area contributed by atoms with Crippen molar-refractivity contribution in [1.82, 2.24) is 0 Å². The van der Waals surface area contributed by atoms with Crippen LogP contribution in [-0.2, 0) is 5.75 Å². The molecule has 0 unspecified atom stereocenters. The Bertz CT molecular complexity index is 631. The number of halogens is 1. The number of nitrogens with two attached hydrogens (primary N) is 1. The van der Waals surface area contributed by atoms with Gasteiger partial charge in [-0.3, -0.25) is 5.41 Å². The fourth-order valence-electron chi connectivity index (χ4n) is 1.77. The maximum absolute atomic E-state index is 7.49. The summed E-state index contributed by atoms with van der Waals surface area (Å²) in [4.78, 5) is 1.05. The molecular formula is C15H15ClN2OS. The lowest BCUT2D eigenvalue weighted by molar-refractivity contribution is 0.413. The molecule has 0 bridgehead atoms. The molecule has 0 aliphatic heterocycles. The Hall–Kier alpha value is -1.65. The van der Waals surface area contributed by atoms with Gasteiger partial charge in [0.2, 0.25) is 0 Å². The van der Waals surface area contributed by atoms with E-state index in [2.05, 4.69) is 0 Å². The standard InChI is InChI=1S/C15H15ClN2OS/c1-19-13-8-10(6-7-11(13)15(17)18)9-20-14-5-3-2-4-12(14)16/h2-8H,9H2,1H3,(H3,17,18). The Morgan fingerprint density at radius 1 is 1.30 bits per heavy atom. The number of benzene rings is 2. The van der Waals surface area contributed by atoms with E-state index < -0.39 is 0 Å². The number of nitrogen functional groups attached to an aromatic ring is 1. The van der Waals surface area contributed by atoms with Crippen molar-refractivity contribution in [2.24, 2.45) is 5.73 Å². The van der Waals surface area contributed by atoms with E-state index >= 15 is 0 Å². The Balaban J connectivity index is 2.15. The van der Waals surface area contributed by atoms with Crippen LogP contribution in [0.15, 0.2) is 47.4 Å². The average Bonchev–Trinajstić information content (AvgIpc) is 2.46. The fourth-order valence-corrected chi connectivity index (χ4v) is 2.95. The van der Waals surface area contributed by atoms with Gasteiger partial charge in [0.25, 0.3) is 0 Å². The van der Waals surface area contributed by atoms with Crippen LogP contribution in [0.5, 0.6) is 5.75 Å². The molecule has 104 valence electrons. The second-order valence-electron chi connectivity index (χ2n) is 4.17. The van der Waals surface area contributed by atoms with Crippen molar-refractivity contribution in [3.05, 3.63) is 58.6 Å². The molecule has 0 heterocycles. The van der Waals surface area contributed by atoms with Gasteiger partial charge in [-0.05, 0) is 29.8 Å². The third-order valence-electron chi connectivity index (χ3n) is 2.79. The third kappa shape index (κ3) is 3.46. The van der Waals surface area contributed by atoms with Crippen molar-refractivity contribution < 1.29 is 4.74 Å². The van der Waals surface area contributed by atoms with Gasteiger partial charge in [0, 0.05) is 10.6 Å². The van der Waals surface area contributed by atoms with Crippen molar-refractivity contribution in [2.75, 3.05) is 7.11 Å². The van der Waals surface area contributed by atoms with Crippen molar-refractivity contribution in [2.45, 2.75) is 10.6 Å². The molecule has 0 amide bonds. The van der Waals surface area contributed by atoms with Gasteiger partial charge in [-0.25, -0.2) is 0 Å². The second kappa shape index (κ2) is 6.68. The van der Waals surface area contributed by atoms with Crippen molar-refractivity contribution in [1.29, 1.82) is 5.41 Å². The number of rotatable bonds is 5. The molecule has 0 spiro atoms. The summed E-state index contributed by atoms with van der Waals surface area (Å²) in [6, 6.07) is 13.4. The molecule has 5 heteroatoms. The van der Waals surface area contributed by atoms with E-state index in [1.165, 1.54) is 0 Å². The number of thioether (sulfide) groups is 1. The second-order valence-corrected chi connectivity index (χ2v) is 5.59. The zero-order chi connectivity index (χ0) is 14.5. The van der Waals surface area contributed by atoms with Crippen LogP contribution in [0.3, 0.4) is 0 Å². The van der Waals surface area contributed by atoms with Gasteiger partial charge in [-0.2, -0.15) is 0 Å². The van der Waals surface area contributed by atoms with E-state index in [9.17, 15) is 0 Å². The van der Waals surface area contributed by atoms with Crippen LogP contribution in [0.4, 0.5) is 0 Å². The summed E-state index contributed by atoms with van der Waals surface area (Å²) in [5.41, 5.74) is 7.21. The van der Waals surface area contributed by atoms with E-state index in [1.807, 2.05) is 42.5 Å². The van der Waals surface area contributed by atoms with Crippen molar-refractivity contribution in [3.63, 3.8) is 0 Å². The Kier molecular flexibility index (Phi) is 4.93. The SMILES string of the molecule is COc1cc(CSc2ccccc2Cl)ccc1C(=N)N. The first-order valence-electron chi connectivity index (χ1n) is 6.00. The molecule has 3 N–H and O–H groups in total. The number of ether oxygens (including phenoxy) is 1. The molecule has 0 aromatic heterocycles. The van der Waals surface area contributed by atoms with E-state index in [-0.39, 0.29) is 5.84 Å². The average molecular weight is 307 g/mol. The maximum atomic E-state index is 7.49. The third-order valence-corrected chi connectivity index (χ3v) is 4.37. The number of hydrogen-bond donors (Lipinski definition) is 2. The Morgan fingerprint density at radius 3 is 2.70 bits per heavy atom. The topological polar surface area (TPSA) is 59.1 Å². The molecule has 0 aliphatic rings. The summed E-state index contributed by atoms with van der Waals surface area (Å²) in [5.74, 6) is 1.40. The minimum Gasteiger partial charge on any atom is -0.496 e. The summed E-state index contributed by atoms with van der Waals surface area (Å²) in [6.07, 6.45) is 0. The highest BCUT2D eigenvalue weighted by atomic mass is 35.5. The van der Waals surface area contributed by atoms with Gasteiger partial charge in [0.05, 0.1) is 17.7 Å². The summed E-state index contributed by atoms with van der Waals surface area (Å²) in [6.45, 7) is 0. The molecule has 0 radical (unpaired) electrons. The van der Waals surface area contributed by atoms with Gasteiger partial charge in [-0.1, -0.05) is 29.8 Å². The number of methoxy groups -OCH3 is 1. The molecule has 2 rings (SSSR count). The molecule has 0 saturated heterocycles. The highest BCUT2D eigenvalue weighted by Crippen LogP contribution is 2.30. The predicted molar refractivity (Wildman–Crippen MR) is 85.0 cm³/mol. The first-order chi connectivity index (χ1) is 9.61. The van der Waals surface area contributed by atoms with E-state index in [0.717, 1.165) is 21.2 Å². The maximum Gasteiger partial charge on any atom is 0.130 e.